The Morgan fingerprint density at radius 1 is 1.24 bits per heavy atom. The molecule has 0 bridgehead atoms. The second-order valence-corrected chi connectivity index (χ2v) is 21.5. The first-order valence-corrected chi connectivity index (χ1v) is 17.4. The molecular formula is C21H40N2O4Si2. The third-order valence-electron chi connectivity index (χ3n) is 6.35. The van der Waals surface area contributed by atoms with Crippen LogP contribution >= 0.6 is 0 Å². The van der Waals surface area contributed by atoms with Crippen molar-refractivity contribution in [3.8, 4) is 0 Å². The summed E-state index contributed by atoms with van der Waals surface area (Å²) < 4.78 is 14.1. The van der Waals surface area contributed by atoms with Gasteiger partial charge in [0, 0.05) is 32.5 Å². The van der Waals surface area contributed by atoms with Crippen LogP contribution in [0.4, 0.5) is 0 Å². The van der Waals surface area contributed by atoms with Gasteiger partial charge >= 0.3 is 5.97 Å². The summed E-state index contributed by atoms with van der Waals surface area (Å²) in [7, 11) is -2.94. The van der Waals surface area contributed by atoms with Gasteiger partial charge in [-0.1, -0.05) is 40.4 Å². The van der Waals surface area contributed by atoms with Crippen LogP contribution in [0.15, 0.2) is 0 Å². The zero-order valence-electron chi connectivity index (χ0n) is 19.6. The molecule has 0 spiro atoms. The second kappa shape index (κ2) is 9.03. The van der Waals surface area contributed by atoms with Crippen molar-refractivity contribution in [2.75, 3.05) is 13.2 Å². The molecule has 29 heavy (non-hydrogen) atoms. The maximum atomic E-state index is 11.7. The summed E-state index contributed by atoms with van der Waals surface area (Å²) in [4.78, 5) is 11.7. The van der Waals surface area contributed by atoms with E-state index in [-0.39, 0.29) is 10.7 Å². The highest BCUT2D eigenvalue weighted by atomic mass is 28.4. The van der Waals surface area contributed by atoms with Crippen LogP contribution in [-0.4, -0.2) is 50.5 Å². The first kappa shape index (κ1) is 24.3. The van der Waals surface area contributed by atoms with E-state index < -0.39 is 22.4 Å². The molecule has 0 saturated heterocycles. The van der Waals surface area contributed by atoms with Gasteiger partial charge in [-0.15, -0.1) is 0 Å². The van der Waals surface area contributed by atoms with Crippen LogP contribution < -0.4 is 0 Å². The molecule has 1 aromatic heterocycles. The third kappa shape index (κ3) is 6.50. The predicted molar refractivity (Wildman–Crippen MR) is 122 cm³/mol. The summed E-state index contributed by atoms with van der Waals surface area (Å²) in [5.41, 5.74) is 2.10. The molecular weight excluding hydrogens is 400 g/mol. The van der Waals surface area contributed by atoms with Crippen LogP contribution in [0, 0.1) is 5.92 Å². The lowest BCUT2D eigenvalue weighted by Gasteiger charge is -2.37. The fourth-order valence-electron chi connectivity index (χ4n) is 3.24. The molecule has 1 unspecified atom stereocenters. The summed E-state index contributed by atoms with van der Waals surface area (Å²) in [5.74, 6) is -0.547. The Bertz CT molecular complexity index is 717. The number of hydrogen-bond donors (Lipinski definition) is 1. The summed E-state index contributed by atoms with van der Waals surface area (Å²) in [6.45, 7) is 20.0. The normalized spacial score (nSPS) is 18.0. The SMILES string of the molecule is CC(C)(C)[Si](C)(C)OCC1CCc2c(C(=O)O)nn(COCC[Si](C)(C)C)c2C1. The molecule has 1 heterocycles. The van der Waals surface area contributed by atoms with Gasteiger partial charge in [0.1, 0.15) is 6.73 Å². The van der Waals surface area contributed by atoms with Crippen molar-refractivity contribution >= 4 is 22.4 Å². The molecule has 6 nitrogen and oxygen atoms in total. The summed E-state index contributed by atoms with van der Waals surface area (Å²) in [5, 5.41) is 14.1. The molecule has 1 N–H and O–H groups in total. The van der Waals surface area contributed by atoms with Gasteiger partial charge in [0.2, 0.25) is 0 Å². The average Bonchev–Trinajstić information content (AvgIpc) is 2.93. The Morgan fingerprint density at radius 2 is 1.90 bits per heavy atom. The van der Waals surface area contributed by atoms with Crippen molar-refractivity contribution in [2.24, 2.45) is 5.92 Å². The number of carboxylic acid groups (broad SMARTS) is 1. The number of ether oxygens (including phenoxy) is 1. The average molecular weight is 441 g/mol. The quantitative estimate of drug-likeness (QED) is 0.431. The van der Waals surface area contributed by atoms with Gasteiger partial charge < -0.3 is 14.3 Å². The Hall–Kier alpha value is -0.966. The topological polar surface area (TPSA) is 73.6 Å². The van der Waals surface area contributed by atoms with Crippen LogP contribution in [0.2, 0.25) is 43.8 Å². The molecule has 0 radical (unpaired) electrons. The van der Waals surface area contributed by atoms with Crippen LogP contribution in [0.5, 0.6) is 0 Å². The number of nitrogens with zero attached hydrogens (tertiary/aromatic N) is 2. The Labute approximate surface area is 178 Å². The lowest BCUT2D eigenvalue weighted by Crippen LogP contribution is -2.42. The van der Waals surface area contributed by atoms with Gasteiger partial charge in [-0.3, -0.25) is 0 Å². The van der Waals surface area contributed by atoms with E-state index in [0.717, 1.165) is 43.2 Å². The first-order chi connectivity index (χ1) is 13.2. The fraction of sp³-hybridized carbons (Fsp3) is 0.810. The molecule has 0 aromatic carbocycles. The molecule has 1 aliphatic rings. The van der Waals surface area contributed by atoms with Gasteiger partial charge in [-0.25, -0.2) is 9.48 Å². The molecule has 0 aliphatic heterocycles. The molecule has 1 atom stereocenters. The molecule has 2 rings (SSSR count). The molecule has 0 amide bonds. The van der Waals surface area contributed by atoms with Gasteiger partial charge in [0.25, 0.3) is 0 Å². The fourth-order valence-corrected chi connectivity index (χ4v) is 5.08. The monoisotopic (exact) mass is 440 g/mol. The van der Waals surface area contributed by atoms with Crippen LogP contribution in [0.25, 0.3) is 0 Å². The maximum Gasteiger partial charge on any atom is 0.356 e. The minimum absolute atomic E-state index is 0.190. The maximum absolute atomic E-state index is 11.7. The van der Waals surface area contributed by atoms with Crippen LogP contribution in [0.1, 0.15) is 48.9 Å². The highest BCUT2D eigenvalue weighted by Gasteiger charge is 2.38. The zero-order valence-corrected chi connectivity index (χ0v) is 21.6. The molecule has 1 aromatic rings. The number of hydrogen-bond acceptors (Lipinski definition) is 4. The Kier molecular flexibility index (Phi) is 7.57. The molecule has 1 aliphatic carbocycles. The van der Waals surface area contributed by atoms with E-state index in [9.17, 15) is 9.90 Å². The van der Waals surface area contributed by atoms with Gasteiger partial charge in [0.15, 0.2) is 14.0 Å². The van der Waals surface area contributed by atoms with Crippen molar-refractivity contribution in [3.05, 3.63) is 17.0 Å². The standard InChI is InChI=1S/C21H40N2O4Si2/c1-21(2,3)29(7,8)27-14-16-9-10-17-18(13-16)23(22-19(17)20(24)25)15-26-11-12-28(4,5)6/h16H,9-15H2,1-8H3,(H,24,25). The molecule has 8 heteroatoms. The van der Waals surface area contributed by atoms with E-state index in [2.05, 4.69) is 58.6 Å². The summed E-state index contributed by atoms with van der Waals surface area (Å²) in [6.07, 6.45) is 2.50. The Balaban J connectivity index is 2.07. The number of rotatable bonds is 9. The smallest absolute Gasteiger partial charge is 0.356 e. The minimum Gasteiger partial charge on any atom is -0.476 e. The van der Waals surface area contributed by atoms with Gasteiger partial charge in [-0.2, -0.15) is 5.10 Å². The highest BCUT2D eigenvalue weighted by molar-refractivity contribution is 6.76. The zero-order chi connectivity index (χ0) is 22.0. The summed E-state index contributed by atoms with van der Waals surface area (Å²) >= 11 is 0. The van der Waals surface area contributed by atoms with E-state index in [4.69, 9.17) is 9.16 Å². The predicted octanol–water partition coefficient (Wildman–Crippen LogP) is 5.02. The van der Waals surface area contributed by atoms with Gasteiger partial charge in [0.05, 0.1) is 0 Å². The van der Waals surface area contributed by atoms with E-state index >= 15 is 0 Å². The summed E-state index contributed by atoms with van der Waals surface area (Å²) in [6, 6.07) is 1.09. The van der Waals surface area contributed by atoms with E-state index in [1.54, 1.807) is 4.68 Å². The molecule has 0 saturated carbocycles. The second-order valence-electron chi connectivity index (χ2n) is 11.1. The lowest BCUT2D eigenvalue weighted by atomic mass is 9.87. The van der Waals surface area contributed by atoms with Crippen molar-refractivity contribution in [2.45, 2.75) is 90.6 Å². The molecule has 166 valence electrons. The first-order valence-electron chi connectivity index (χ1n) is 10.7. The minimum atomic E-state index is -1.79. The highest BCUT2D eigenvalue weighted by Crippen LogP contribution is 2.38. The Morgan fingerprint density at radius 3 is 2.45 bits per heavy atom. The number of carbonyl (C=O) groups is 1. The van der Waals surface area contributed by atoms with E-state index in [0.29, 0.717) is 19.3 Å². The van der Waals surface area contributed by atoms with Crippen molar-refractivity contribution in [3.63, 3.8) is 0 Å². The largest absolute Gasteiger partial charge is 0.476 e. The van der Waals surface area contributed by atoms with Gasteiger partial charge in [-0.05, 0) is 49.4 Å². The van der Waals surface area contributed by atoms with E-state index in [1.807, 2.05) is 0 Å². The number of aromatic nitrogens is 2. The van der Waals surface area contributed by atoms with Crippen LogP contribution in [-0.2, 0) is 28.7 Å². The van der Waals surface area contributed by atoms with Crippen molar-refractivity contribution in [1.29, 1.82) is 0 Å². The lowest BCUT2D eigenvalue weighted by molar-refractivity contribution is 0.0667. The van der Waals surface area contributed by atoms with E-state index in [1.165, 1.54) is 0 Å². The number of aromatic carboxylic acids is 1. The van der Waals surface area contributed by atoms with Crippen molar-refractivity contribution in [1.82, 2.24) is 9.78 Å². The van der Waals surface area contributed by atoms with Crippen molar-refractivity contribution < 1.29 is 19.1 Å². The number of carboxylic acids is 1. The number of fused-ring (bicyclic) bond motifs is 1. The third-order valence-corrected chi connectivity index (χ3v) is 12.6. The molecule has 0 fully saturated rings. The van der Waals surface area contributed by atoms with Crippen LogP contribution in [0.3, 0.4) is 0 Å².